The summed E-state index contributed by atoms with van der Waals surface area (Å²) in [5.41, 5.74) is 2.69. The minimum atomic E-state index is -0.0787. The molecule has 2 atom stereocenters. The van der Waals surface area contributed by atoms with Crippen LogP contribution in [0, 0.1) is 0 Å². The summed E-state index contributed by atoms with van der Waals surface area (Å²) >= 11 is 0. The Morgan fingerprint density at radius 2 is 2.46 bits per heavy atom. The number of hydrogen-bond donors (Lipinski definition) is 2. The molecule has 0 aliphatic carbocycles. The van der Waals surface area contributed by atoms with Gasteiger partial charge in [0.1, 0.15) is 11.8 Å². The lowest BCUT2D eigenvalue weighted by Gasteiger charge is -2.22. The zero-order valence-electron chi connectivity index (χ0n) is 7.99. The molecule has 4 nitrogen and oxygen atoms in total. The average Bonchev–Trinajstić information content (AvgIpc) is 2.66. The second-order valence-corrected chi connectivity index (χ2v) is 2.84. The van der Waals surface area contributed by atoms with Crippen LogP contribution in [0.4, 0.5) is 0 Å². The van der Waals surface area contributed by atoms with E-state index in [-0.39, 0.29) is 12.1 Å². The van der Waals surface area contributed by atoms with Crippen molar-refractivity contribution >= 4 is 0 Å². The van der Waals surface area contributed by atoms with Gasteiger partial charge in [-0.1, -0.05) is 6.92 Å². The molecule has 0 fully saturated rings. The summed E-state index contributed by atoms with van der Waals surface area (Å²) in [6.07, 6.45) is 2.55. The molecule has 74 valence electrons. The van der Waals surface area contributed by atoms with Gasteiger partial charge in [0.05, 0.1) is 12.4 Å². The van der Waals surface area contributed by atoms with E-state index in [4.69, 9.17) is 15.0 Å². The van der Waals surface area contributed by atoms with E-state index in [9.17, 15) is 0 Å². The average molecular weight is 184 g/mol. The van der Waals surface area contributed by atoms with Gasteiger partial charge in [0.2, 0.25) is 0 Å². The topological polar surface area (TPSA) is 60.4 Å². The monoisotopic (exact) mass is 184 g/mol. The lowest BCUT2D eigenvalue weighted by atomic mass is 10.1. The third-order valence-electron chi connectivity index (χ3n) is 2.11. The lowest BCUT2D eigenvalue weighted by Crippen LogP contribution is -2.37. The summed E-state index contributed by atoms with van der Waals surface area (Å²) < 4.78 is 10.5. The molecule has 13 heavy (non-hydrogen) atoms. The number of ether oxygens (including phenoxy) is 1. The molecule has 0 radical (unpaired) electrons. The summed E-state index contributed by atoms with van der Waals surface area (Å²) in [7, 11) is 1.67. The number of nitrogens with two attached hydrogens (primary N) is 1. The van der Waals surface area contributed by atoms with Gasteiger partial charge in [0.15, 0.2) is 0 Å². The Morgan fingerprint density at radius 1 is 1.69 bits per heavy atom. The molecule has 0 saturated carbocycles. The van der Waals surface area contributed by atoms with Crippen molar-refractivity contribution in [1.82, 2.24) is 5.43 Å². The van der Waals surface area contributed by atoms with Crippen LogP contribution in [-0.2, 0) is 4.74 Å². The van der Waals surface area contributed by atoms with E-state index in [0.29, 0.717) is 0 Å². The minimum Gasteiger partial charge on any atom is -0.468 e. The van der Waals surface area contributed by atoms with Crippen molar-refractivity contribution < 1.29 is 9.15 Å². The maximum Gasteiger partial charge on any atom is 0.124 e. The molecular formula is C9H16N2O2. The highest BCUT2D eigenvalue weighted by atomic mass is 16.5. The molecule has 0 spiro atoms. The zero-order chi connectivity index (χ0) is 9.68. The van der Waals surface area contributed by atoms with Crippen LogP contribution in [0.1, 0.15) is 25.1 Å². The van der Waals surface area contributed by atoms with Gasteiger partial charge in [-0.2, -0.15) is 0 Å². The Labute approximate surface area is 78.0 Å². The van der Waals surface area contributed by atoms with Crippen LogP contribution < -0.4 is 11.3 Å². The van der Waals surface area contributed by atoms with Crippen molar-refractivity contribution in [3.8, 4) is 0 Å². The predicted octanol–water partition coefficient (Wildman–Crippen LogP) is 1.21. The molecule has 0 saturated heterocycles. The van der Waals surface area contributed by atoms with Gasteiger partial charge in [0, 0.05) is 7.11 Å². The predicted molar refractivity (Wildman–Crippen MR) is 49.9 cm³/mol. The summed E-state index contributed by atoms with van der Waals surface area (Å²) in [6.45, 7) is 2.04. The Morgan fingerprint density at radius 3 is 2.85 bits per heavy atom. The van der Waals surface area contributed by atoms with E-state index in [0.717, 1.165) is 12.2 Å². The normalized spacial score (nSPS) is 15.6. The molecule has 1 rings (SSSR count). The second-order valence-electron chi connectivity index (χ2n) is 2.84. The van der Waals surface area contributed by atoms with Crippen molar-refractivity contribution in [2.75, 3.05) is 7.11 Å². The molecular weight excluding hydrogens is 168 g/mol. The van der Waals surface area contributed by atoms with Crippen LogP contribution in [0.3, 0.4) is 0 Å². The zero-order valence-corrected chi connectivity index (χ0v) is 7.99. The molecule has 0 aromatic carbocycles. The Hall–Kier alpha value is -0.840. The van der Waals surface area contributed by atoms with Crippen LogP contribution >= 0.6 is 0 Å². The van der Waals surface area contributed by atoms with E-state index < -0.39 is 0 Å². The second kappa shape index (κ2) is 5.01. The van der Waals surface area contributed by atoms with Gasteiger partial charge >= 0.3 is 0 Å². The molecule has 0 bridgehead atoms. The summed E-state index contributed by atoms with van der Waals surface area (Å²) in [4.78, 5) is 0. The molecule has 0 aliphatic heterocycles. The maximum absolute atomic E-state index is 5.43. The Kier molecular flexibility index (Phi) is 3.95. The third-order valence-corrected chi connectivity index (χ3v) is 2.11. The standard InChI is InChI=1S/C9H16N2O2/c1-3-7(12-2)9(11-10)8-5-4-6-13-8/h4-7,9,11H,3,10H2,1-2H3. The fourth-order valence-corrected chi connectivity index (χ4v) is 1.38. The lowest BCUT2D eigenvalue weighted by molar-refractivity contribution is 0.0580. The van der Waals surface area contributed by atoms with Crippen LogP contribution in [0.25, 0.3) is 0 Å². The van der Waals surface area contributed by atoms with Crippen molar-refractivity contribution in [2.24, 2.45) is 5.84 Å². The van der Waals surface area contributed by atoms with Gasteiger partial charge in [-0.05, 0) is 18.6 Å². The van der Waals surface area contributed by atoms with Gasteiger partial charge in [-0.25, -0.2) is 5.43 Å². The number of methoxy groups -OCH3 is 1. The first-order chi connectivity index (χ1) is 6.33. The van der Waals surface area contributed by atoms with E-state index in [1.807, 2.05) is 19.1 Å². The Balaban J connectivity index is 2.72. The van der Waals surface area contributed by atoms with Gasteiger partial charge in [0.25, 0.3) is 0 Å². The first kappa shape index (κ1) is 10.2. The fourth-order valence-electron chi connectivity index (χ4n) is 1.38. The van der Waals surface area contributed by atoms with E-state index in [1.165, 1.54) is 0 Å². The van der Waals surface area contributed by atoms with Crippen LogP contribution in [0.5, 0.6) is 0 Å². The highest BCUT2D eigenvalue weighted by Crippen LogP contribution is 2.20. The van der Waals surface area contributed by atoms with E-state index in [2.05, 4.69) is 5.43 Å². The molecule has 1 aromatic heterocycles. The first-order valence-corrected chi connectivity index (χ1v) is 4.35. The highest BCUT2D eigenvalue weighted by Gasteiger charge is 2.22. The molecule has 1 heterocycles. The van der Waals surface area contributed by atoms with Gasteiger partial charge in [-0.15, -0.1) is 0 Å². The SMILES string of the molecule is CCC(OC)C(NN)c1ccco1. The summed E-state index contributed by atoms with van der Waals surface area (Å²) in [6, 6.07) is 3.64. The maximum atomic E-state index is 5.43. The molecule has 1 aromatic rings. The largest absolute Gasteiger partial charge is 0.468 e. The smallest absolute Gasteiger partial charge is 0.124 e. The molecule has 0 amide bonds. The van der Waals surface area contributed by atoms with Crippen LogP contribution in [-0.4, -0.2) is 13.2 Å². The number of hydrazine groups is 1. The van der Waals surface area contributed by atoms with E-state index in [1.54, 1.807) is 13.4 Å². The van der Waals surface area contributed by atoms with E-state index >= 15 is 0 Å². The van der Waals surface area contributed by atoms with Crippen LogP contribution in [0.15, 0.2) is 22.8 Å². The van der Waals surface area contributed by atoms with Gasteiger partial charge < -0.3 is 9.15 Å². The molecule has 2 unspecified atom stereocenters. The van der Waals surface area contributed by atoms with Crippen molar-refractivity contribution in [2.45, 2.75) is 25.5 Å². The van der Waals surface area contributed by atoms with Crippen molar-refractivity contribution in [3.05, 3.63) is 24.2 Å². The number of hydrogen-bond acceptors (Lipinski definition) is 4. The van der Waals surface area contributed by atoms with Crippen molar-refractivity contribution in [1.29, 1.82) is 0 Å². The van der Waals surface area contributed by atoms with Crippen LogP contribution in [0.2, 0.25) is 0 Å². The van der Waals surface area contributed by atoms with Gasteiger partial charge in [-0.3, -0.25) is 5.84 Å². The summed E-state index contributed by atoms with van der Waals surface area (Å²) in [5, 5.41) is 0. The number of nitrogens with one attached hydrogen (secondary N) is 1. The summed E-state index contributed by atoms with van der Waals surface area (Å²) in [5.74, 6) is 6.23. The third kappa shape index (κ3) is 2.30. The number of furan rings is 1. The number of rotatable bonds is 5. The molecule has 3 N–H and O–H groups in total. The molecule has 0 aliphatic rings. The molecule has 4 heteroatoms. The Bertz CT molecular complexity index is 220. The fraction of sp³-hybridized carbons (Fsp3) is 0.556. The van der Waals surface area contributed by atoms with Crippen molar-refractivity contribution in [3.63, 3.8) is 0 Å². The first-order valence-electron chi connectivity index (χ1n) is 4.35. The quantitative estimate of drug-likeness (QED) is 0.533. The minimum absolute atomic E-state index is 0.0381. The highest BCUT2D eigenvalue weighted by molar-refractivity contribution is 5.06.